The fourth-order valence-corrected chi connectivity index (χ4v) is 3.69. The molecule has 0 unspecified atom stereocenters. The number of para-hydroxylation sites is 1. The number of hydrogen-bond acceptors (Lipinski definition) is 3. The lowest BCUT2D eigenvalue weighted by Crippen LogP contribution is -2.16. The van der Waals surface area contributed by atoms with Gasteiger partial charge in [-0.05, 0) is 61.5 Å². The molecule has 0 radical (unpaired) electrons. The fraction of sp³-hybridized carbons (Fsp3) is 0.136. The number of nitrogens with one attached hydrogen (secondary N) is 2. The topological polar surface area (TPSA) is 62.7 Å². The molecule has 0 spiro atoms. The van der Waals surface area contributed by atoms with Crippen LogP contribution in [0.2, 0.25) is 0 Å². The lowest BCUT2D eigenvalue weighted by Gasteiger charge is -2.13. The van der Waals surface area contributed by atoms with Crippen molar-refractivity contribution in [2.24, 2.45) is 0 Å². The predicted molar refractivity (Wildman–Crippen MR) is 115 cm³/mol. The number of pyridine rings is 1. The molecule has 2 heterocycles. The number of carbonyl (C=O) groups is 1. The van der Waals surface area contributed by atoms with Crippen molar-refractivity contribution in [3.05, 3.63) is 82.5 Å². The Hall–Kier alpha value is -3.25. The van der Waals surface area contributed by atoms with Crippen LogP contribution in [0.1, 0.15) is 16.8 Å². The molecule has 1 amide bonds. The number of hydrogen-bond donors (Lipinski definition) is 2. The van der Waals surface area contributed by atoms with Crippen LogP contribution in [0.25, 0.3) is 16.6 Å². The Bertz CT molecular complexity index is 1240. The van der Waals surface area contributed by atoms with Crippen LogP contribution < -0.4 is 5.32 Å². The van der Waals surface area contributed by atoms with Crippen LogP contribution in [-0.4, -0.2) is 20.4 Å². The first-order valence-electron chi connectivity index (χ1n) is 9.04. The Kier molecular flexibility index (Phi) is 4.79. The predicted octanol–water partition coefficient (Wildman–Crippen LogP) is 4.88. The minimum atomic E-state index is -0.0712. The number of aryl methyl sites for hydroxylation is 2. The van der Waals surface area contributed by atoms with Crippen LogP contribution in [-0.2, 0) is 11.2 Å². The first-order valence-corrected chi connectivity index (χ1v) is 9.45. The molecule has 0 aliphatic heterocycles. The number of rotatable bonds is 4. The van der Waals surface area contributed by atoms with E-state index in [-0.39, 0.29) is 12.3 Å². The van der Waals surface area contributed by atoms with Gasteiger partial charge in [-0.3, -0.25) is 14.3 Å². The zero-order chi connectivity index (χ0) is 19.7. The van der Waals surface area contributed by atoms with Gasteiger partial charge in [0, 0.05) is 34.8 Å². The lowest BCUT2D eigenvalue weighted by atomic mass is 9.99. The minimum Gasteiger partial charge on any atom is -0.337 e. The molecule has 6 heteroatoms. The van der Waals surface area contributed by atoms with Crippen LogP contribution in [0.3, 0.4) is 0 Å². The van der Waals surface area contributed by atoms with Gasteiger partial charge in [-0.15, -0.1) is 0 Å². The lowest BCUT2D eigenvalue weighted by molar-refractivity contribution is -0.115. The molecule has 0 atom stereocenters. The number of H-pyrrole nitrogens is 1. The van der Waals surface area contributed by atoms with Crippen LogP contribution in [0.5, 0.6) is 0 Å². The van der Waals surface area contributed by atoms with Gasteiger partial charge in [0.15, 0.2) is 4.77 Å². The van der Waals surface area contributed by atoms with Crippen molar-refractivity contribution in [2.45, 2.75) is 20.3 Å². The summed E-state index contributed by atoms with van der Waals surface area (Å²) in [4.78, 5) is 20.3. The Morgan fingerprint density at radius 2 is 2.00 bits per heavy atom. The second kappa shape index (κ2) is 7.40. The SMILES string of the molecule is Cc1nc2ccccc2c(C)c1CC(=O)Nc1cccc(-n2cc[nH]c2=S)c1. The minimum absolute atomic E-state index is 0.0712. The Balaban J connectivity index is 1.58. The number of carbonyl (C=O) groups excluding carboxylic acids is 1. The summed E-state index contributed by atoms with van der Waals surface area (Å²) in [6.45, 7) is 4.00. The van der Waals surface area contributed by atoms with Gasteiger partial charge in [0.1, 0.15) is 0 Å². The van der Waals surface area contributed by atoms with Gasteiger partial charge in [0.25, 0.3) is 0 Å². The molecule has 2 aromatic carbocycles. The molecule has 4 rings (SSSR count). The summed E-state index contributed by atoms with van der Waals surface area (Å²) < 4.78 is 2.46. The van der Waals surface area contributed by atoms with Gasteiger partial charge >= 0.3 is 0 Å². The first-order chi connectivity index (χ1) is 13.5. The molecule has 0 bridgehead atoms. The zero-order valence-corrected chi connectivity index (χ0v) is 16.5. The van der Waals surface area contributed by atoms with Crippen molar-refractivity contribution in [1.82, 2.24) is 14.5 Å². The summed E-state index contributed by atoms with van der Waals surface area (Å²) in [5.74, 6) is -0.0712. The number of benzene rings is 2. The van der Waals surface area contributed by atoms with Crippen molar-refractivity contribution in [3.63, 3.8) is 0 Å². The van der Waals surface area contributed by atoms with E-state index in [9.17, 15) is 4.79 Å². The third-order valence-corrected chi connectivity index (χ3v) is 5.19. The van der Waals surface area contributed by atoms with Gasteiger partial charge in [-0.2, -0.15) is 0 Å². The number of anilines is 1. The van der Waals surface area contributed by atoms with Crippen LogP contribution >= 0.6 is 12.2 Å². The van der Waals surface area contributed by atoms with Crippen molar-refractivity contribution in [2.75, 3.05) is 5.32 Å². The van der Waals surface area contributed by atoms with E-state index in [4.69, 9.17) is 12.2 Å². The second-order valence-corrected chi connectivity index (χ2v) is 7.12. The molecule has 0 aliphatic rings. The van der Waals surface area contributed by atoms with E-state index in [1.54, 1.807) is 6.20 Å². The smallest absolute Gasteiger partial charge is 0.228 e. The van der Waals surface area contributed by atoms with Crippen molar-refractivity contribution >= 4 is 34.7 Å². The second-order valence-electron chi connectivity index (χ2n) is 6.73. The Morgan fingerprint density at radius 1 is 1.18 bits per heavy atom. The summed E-state index contributed by atoms with van der Waals surface area (Å²) in [6, 6.07) is 15.6. The zero-order valence-electron chi connectivity index (χ0n) is 15.7. The molecule has 28 heavy (non-hydrogen) atoms. The molecule has 0 saturated carbocycles. The van der Waals surface area contributed by atoms with Crippen LogP contribution in [0.4, 0.5) is 5.69 Å². The van der Waals surface area contributed by atoms with E-state index < -0.39 is 0 Å². The van der Waals surface area contributed by atoms with Crippen LogP contribution in [0, 0.1) is 18.6 Å². The van der Waals surface area contributed by atoms with Gasteiger partial charge < -0.3 is 10.3 Å². The van der Waals surface area contributed by atoms with E-state index in [0.29, 0.717) is 4.77 Å². The molecule has 0 aliphatic carbocycles. The molecule has 5 nitrogen and oxygen atoms in total. The molecular formula is C22H20N4OS. The van der Waals surface area contributed by atoms with Crippen LogP contribution in [0.15, 0.2) is 60.9 Å². The highest BCUT2D eigenvalue weighted by molar-refractivity contribution is 7.71. The molecule has 2 aromatic heterocycles. The van der Waals surface area contributed by atoms with Gasteiger partial charge in [-0.25, -0.2) is 0 Å². The average Bonchev–Trinajstić information content (AvgIpc) is 3.11. The Morgan fingerprint density at radius 3 is 2.79 bits per heavy atom. The van der Waals surface area contributed by atoms with E-state index >= 15 is 0 Å². The highest BCUT2D eigenvalue weighted by atomic mass is 32.1. The average molecular weight is 388 g/mol. The summed E-state index contributed by atoms with van der Waals surface area (Å²) >= 11 is 5.27. The summed E-state index contributed by atoms with van der Waals surface area (Å²) in [6.07, 6.45) is 3.92. The number of aromatic amines is 1. The van der Waals surface area contributed by atoms with Gasteiger partial charge in [-0.1, -0.05) is 24.3 Å². The highest BCUT2D eigenvalue weighted by Gasteiger charge is 2.13. The fourth-order valence-electron chi connectivity index (χ4n) is 3.45. The molecule has 4 aromatic rings. The van der Waals surface area contributed by atoms with Gasteiger partial charge in [0.2, 0.25) is 5.91 Å². The maximum atomic E-state index is 12.7. The monoisotopic (exact) mass is 388 g/mol. The quantitative estimate of drug-likeness (QED) is 0.490. The molecule has 0 saturated heterocycles. The number of nitrogens with zero attached hydrogens (tertiary/aromatic N) is 2. The largest absolute Gasteiger partial charge is 0.337 e. The van der Waals surface area contributed by atoms with Crippen molar-refractivity contribution in [1.29, 1.82) is 0 Å². The van der Waals surface area contributed by atoms with E-state index in [0.717, 1.165) is 39.1 Å². The number of aromatic nitrogens is 3. The highest BCUT2D eigenvalue weighted by Crippen LogP contribution is 2.23. The standard InChI is InChI=1S/C22H20N4OS/c1-14-18-8-3-4-9-20(18)24-15(2)19(14)13-21(27)25-16-6-5-7-17(12-16)26-11-10-23-22(26)28/h3-12H,13H2,1-2H3,(H,23,28)(H,25,27). The number of amides is 1. The first kappa shape index (κ1) is 18.1. The molecule has 140 valence electrons. The normalized spacial score (nSPS) is 10.9. The van der Waals surface area contributed by atoms with E-state index in [1.165, 1.54) is 0 Å². The third kappa shape index (κ3) is 3.46. The maximum Gasteiger partial charge on any atom is 0.228 e. The van der Waals surface area contributed by atoms with Crippen molar-refractivity contribution in [3.8, 4) is 5.69 Å². The Labute approximate surface area is 168 Å². The molecular weight excluding hydrogens is 368 g/mol. The summed E-state index contributed by atoms with van der Waals surface area (Å²) in [5, 5.41) is 4.07. The number of imidazole rings is 1. The maximum absolute atomic E-state index is 12.7. The van der Waals surface area contributed by atoms with Gasteiger partial charge in [0.05, 0.1) is 11.9 Å². The summed E-state index contributed by atoms with van der Waals surface area (Å²) in [5.41, 5.74) is 5.54. The molecule has 0 fully saturated rings. The van der Waals surface area contributed by atoms with E-state index in [1.807, 2.05) is 73.1 Å². The summed E-state index contributed by atoms with van der Waals surface area (Å²) in [7, 11) is 0. The van der Waals surface area contributed by atoms with Crippen molar-refractivity contribution < 1.29 is 4.79 Å². The molecule has 2 N–H and O–H groups in total. The number of fused-ring (bicyclic) bond motifs is 1. The third-order valence-electron chi connectivity index (χ3n) is 4.88. The van der Waals surface area contributed by atoms with E-state index in [2.05, 4.69) is 15.3 Å².